The molecular weight excluding hydrogens is 593 g/mol. The summed E-state index contributed by atoms with van der Waals surface area (Å²) in [6.45, 7) is 7.85. The van der Waals surface area contributed by atoms with Crippen LogP contribution in [0, 0.1) is 17.8 Å². The maximum absolute atomic E-state index is 13.9. The molecule has 1 heterocycles. The van der Waals surface area contributed by atoms with Crippen LogP contribution in [-0.2, 0) is 28.5 Å². The normalized spacial score (nSPS) is 15.3. The molecule has 1 aliphatic rings. The fraction of sp³-hybridized carbons (Fsp3) is 0.378. The van der Waals surface area contributed by atoms with Gasteiger partial charge in [0.25, 0.3) is 0 Å². The predicted molar refractivity (Wildman–Crippen MR) is 172 cm³/mol. The van der Waals surface area contributed by atoms with Gasteiger partial charge >= 0.3 is 6.18 Å². The molecule has 0 aliphatic carbocycles. The quantitative estimate of drug-likeness (QED) is 0.186. The van der Waals surface area contributed by atoms with Gasteiger partial charge in [-0.2, -0.15) is 13.2 Å². The van der Waals surface area contributed by atoms with Gasteiger partial charge in [-0.1, -0.05) is 48.2 Å². The molecule has 0 saturated heterocycles. The predicted octanol–water partition coefficient (Wildman–Crippen LogP) is 6.84. The Morgan fingerprint density at radius 2 is 1.67 bits per heavy atom. The number of amides is 1. The molecule has 3 aromatic rings. The largest absolute Gasteiger partial charge is 0.416 e. The average Bonchev–Trinajstić information content (AvgIpc) is 3.01. The van der Waals surface area contributed by atoms with Gasteiger partial charge in [-0.15, -0.1) is 0 Å². The highest BCUT2D eigenvalue weighted by Gasteiger charge is 2.37. The van der Waals surface area contributed by atoms with Crippen molar-refractivity contribution in [3.63, 3.8) is 0 Å². The van der Waals surface area contributed by atoms with Gasteiger partial charge in [-0.05, 0) is 88.1 Å². The summed E-state index contributed by atoms with van der Waals surface area (Å²) in [6.07, 6.45) is -3.55. The highest BCUT2D eigenvalue weighted by molar-refractivity contribution is 6.19. The number of aliphatic hydroxyl groups is 1. The third-order valence-electron chi connectivity index (χ3n) is 7.81. The Kier molecular flexibility index (Phi) is 11.2. The van der Waals surface area contributed by atoms with Crippen LogP contribution >= 0.6 is 0 Å². The third-order valence-corrected chi connectivity index (χ3v) is 7.81. The van der Waals surface area contributed by atoms with E-state index in [1.807, 2.05) is 44.2 Å². The van der Waals surface area contributed by atoms with Gasteiger partial charge in [0.05, 0.1) is 41.9 Å². The number of nitrogens with zero attached hydrogens (tertiary/aromatic N) is 2. The van der Waals surface area contributed by atoms with Crippen LogP contribution in [0.3, 0.4) is 0 Å². The Morgan fingerprint density at radius 1 is 1.02 bits per heavy atom. The summed E-state index contributed by atoms with van der Waals surface area (Å²) < 4.78 is 44.8. The van der Waals surface area contributed by atoms with E-state index in [1.54, 1.807) is 36.9 Å². The first-order chi connectivity index (χ1) is 21.8. The van der Waals surface area contributed by atoms with Crippen molar-refractivity contribution in [1.29, 1.82) is 0 Å². The minimum absolute atomic E-state index is 0.0694. The number of rotatable bonds is 11. The van der Waals surface area contributed by atoms with Crippen LogP contribution in [0.25, 0.3) is 0 Å². The molecule has 46 heavy (non-hydrogen) atoms. The number of Topliss-reactive ketones (excluding diaryl/α,β-unsaturated/α-hetero) is 1. The number of aryl methyl sites for hydroxylation is 1. The van der Waals surface area contributed by atoms with Crippen LogP contribution < -0.4 is 0 Å². The molecule has 242 valence electrons. The zero-order chi connectivity index (χ0) is 33.5. The number of carbonyl (C=O) groups is 2. The number of halogens is 3. The second-order valence-electron chi connectivity index (χ2n) is 11.8. The highest BCUT2D eigenvalue weighted by atomic mass is 19.4. The molecule has 0 spiro atoms. The lowest BCUT2D eigenvalue weighted by atomic mass is 9.82. The smallest absolute Gasteiger partial charge is 0.380 e. The van der Waals surface area contributed by atoms with Gasteiger partial charge in [0, 0.05) is 24.3 Å². The first-order valence-corrected chi connectivity index (χ1v) is 15.4. The van der Waals surface area contributed by atoms with Gasteiger partial charge in [0.15, 0.2) is 5.78 Å². The molecule has 0 fully saturated rings. The van der Waals surface area contributed by atoms with E-state index in [4.69, 9.17) is 9.73 Å². The van der Waals surface area contributed by atoms with Crippen molar-refractivity contribution in [1.82, 2.24) is 4.90 Å². The molecule has 0 bridgehead atoms. The minimum Gasteiger partial charge on any atom is -0.380 e. The lowest BCUT2D eigenvalue weighted by molar-refractivity contribution is -0.137. The molecule has 2 atom stereocenters. The number of fused-ring (bicyclic) bond motifs is 1. The monoisotopic (exact) mass is 632 g/mol. The molecule has 4 rings (SSSR count). The molecule has 3 aromatic carbocycles. The van der Waals surface area contributed by atoms with E-state index in [1.165, 1.54) is 12.1 Å². The second kappa shape index (κ2) is 14.9. The van der Waals surface area contributed by atoms with Gasteiger partial charge in [0.1, 0.15) is 5.60 Å². The van der Waals surface area contributed by atoms with Gasteiger partial charge < -0.3 is 14.7 Å². The number of ketones is 1. The summed E-state index contributed by atoms with van der Waals surface area (Å²) >= 11 is 0. The van der Waals surface area contributed by atoms with Crippen molar-refractivity contribution in [2.24, 2.45) is 10.9 Å². The number of alkyl halides is 3. The van der Waals surface area contributed by atoms with Crippen LogP contribution in [0.2, 0.25) is 0 Å². The summed E-state index contributed by atoms with van der Waals surface area (Å²) in [6, 6.07) is 18.8. The van der Waals surface area contributed by atoms with Gasteiger partial charge in [-0.25, -0.2) is 0 Å². The van der Waals surface area contributed by atoms with E-state index in [0.29, 0.717) is 42.0 Å². The summed E-state index contributed by atoms with van der Waals surface area (Å²) in [4.78, 5) is 34.1. The molecule has 1 aliphatic heterocycles. The first-order valence-electron chi connectivity index (χ1n) is 15.4. The summed E-state index contributed by atoms with van der Waals surface area (Å²) in [5.41, 5.74) is 1.97. The molecule has 0 saturated carbocycles. The summed E-state index contributed by atoms with van der Waals surface area (Å²) in [5, 5.41) is 9.88. The van der Waals surface area contributed by atoms with Crippen LogP contribution in [0.15, 0.2) is 77.8 Å². The fourth-order valence-electron chi connectivity index (χ4n) is 5.36. The number of benzene rings is 3. The van der Waals surface area contributed by atoms with Gasteiger partial charge in [0.2, 0.25) is 5.91 Å². The van der Waals surface area contributed by atoms with E-state index < -0.39 is 29.3 Å². The molecule has 1 unspecified atom stereocenters. The summed E-state index contributed by atoms with van der Waals surface area (Å²) in [7, 11) is 0. The third kappa shape index (κ3) is 9.15. The lowest BCUT2D eigenvalue weighted by Gasteiger charge is -2.35. The number of aliphatic imine (C=N–C) groups is 1. The van der Waals surface area contributed by atoms with Crippen molar-refractivity contribution < 1.29 is 32.6 Å². The van der Waals surface area contributed by atoms with Crippen LogP contribution in [-0.4, -0.2) is 58.8 Å². The maximum atomic E-state index is 13.9. The number of para-hydroxylation sites is 1. The SMILES string of the molecule is CCOCCN(C(=O)Cc1ccc(C(F)(F)F)cc1)[C@H](C)C1=Nc2ccccc2C(=O)C1CCc1ccc(C#CC(C)(C)O)cc1. The Balaban J connectivity index is 1.59. The van der Waals surface area contributed by atoms with Crippen molar-refractivity contribution in [2.75, 3.05) is 19.8 Å². The maximum Gasteiger partial charge on any atom is 0.416 e. The van der Waals surface area contributed by atoms with E-state index >= 15 is 0 Å². The van der Waals surface area contributed by atoms with Crippen molar-refractivity contribution in [3.05, 3.63) is 101 Å². The standard InChI is InChI=1S/C37H39F3N2O4/c1-5-46-23-22-42(33(43)24-28-14-17-29(18-15-28)37(38,39)40)25(2)34-31(35(44)30-8-6-7-9-32(30)41-34)19-16-26-10-12-27(13-11-26)20-21-36(3,4)45/h6-15,17-18,25,31,45H,5,16,19,22-24H2,1-4H3/t25-,31?/m1/s1. The molecule has 0 aromatic heterocycles. The minimum atomic E-state index is -4.47. The van der Waals surface area contributed by atoms with E-state index in [2.05, 4.69) is 11.8 Å². The van der Waals surface area contributed by atoms with Crippen LogP contribution in [0.5, 0.6) is 0 Å². The molecule has 9 heteroatoms. The number of hydrogen-bond donors (Lipinski definition) is 1. The Hall–Kier alpha value is -4.26. The average molecular weight is 633 g/mol. The van der Waals surface area contributed by atoms with Gasteiger partial charge in [-0.3, -0.25) is 14.6 Å². The number of carbonyl (C=O) groups excluding carboxylic acids is 2. The topological polar surface area (TPSA) is 79.2 Å². The second-order valence-corrected chi connectivity index (χ2v) is 11.8. The van der Waals surface area contributed by atoms with E-state index in [-0.39, 0.29) is 31.3 Å². The van der Waals surface area contributed by atoms with Crippen LogP contribution in [0.1, 0.15) is 66.7 Å². The van der Waals surface area contributed by atoms with Crippen molar-refractivity contribution in [3.8, 4) is 11.8 Å². The van der Waals surface area contributed by atoms with E-state index in [0.717, 1.165) is 23.3 Å². The Morgan fingerprint density at radius 3 is 2.30 bits per heavy atom. The zero-order valence-electron chi connectivity index (χ0n) is 26.5. The highest BCUT2D eigenvalue weighted by Crippen LogP contribution is 2.33. The van der Waals surface area contributed by atoms with E-state index in [9.17, 15) is 27.9 Å². The van der Waals surface area contributed by atoms with Crippen molar-refractivity contribution in [2.45, 2.75) is 64.8 Å². The van der Waals surface area contributed by atoms with Crippen LogP contribution in [0.4, 0.5) is 18.9 Å². The Bertz CT molecular complexity index is 1610. The molecule has 6 nitrogen and oxygen atoms in total. The summed E-state index contributed by atoms with van der Waals surface area (Å²) in [5.74, 6) is 4.79. The first kappa shape index (κ1) is 34.6. The fourth-order valence-corrected chi connectivity index (χ4v) is 5.36. The molecular formula is C37H39F3N2O4. The molecule has 1 amide bonds. The molecule has 0 radical (unpaired) electrons. The number of ether oxygens (including phenoxy) is 1. The van der Waals surface area contributed by atoms with Crippen molar-refractivity contribution >= 4 is 23.1 Å². The number of hydrogen-bond acceptors (Lipinski definition) is 5. The Labute approximate surface area is 268 Å². The zero-order valence-corrected chi connectivity index (χ0v) is 26.5. The lowest BCUT2D eigenvalue weighted by Crippen LogP contribution is -2.49. The molecule has 1 N–H and O–H groups in total.